The second-order valence-corrected chi connectivity index (χ2v) is 6.99. The van der Waals surface area contributed by atoms with Crippen LogP contribution in [0.15, 0.2) is 23.1 Å². The monoisotopic (exact) mass is 314 g/mol. The molecule has 0 amide bonds. The van der Waals surface area contributed by atoms with Gasteiger partial charge in [0.25, 0.3) is 5.69 Å². The Morgan fingerprint density at radius 1 is 1.48 bits per heavy atom. The van der Waals surface area contributed by atoms with Gasteiger partial charge in [-0.25, -0.2) is 13.1 Å². The first-order chi connectivity index (χ1) is 9.85. The zero-order valence-corrected chi connectivity index (χ0v) is 12.4. The van der Waals surface area contributed by atoms with E-state index < -0.39 is 20.6 Å². The van der Waals surface area contributed by atoms with Crippen molar-refractivity contribution in [2.45, 2.75) is 24.7 Å². The second kappa shape index (κ2) is 5.96. The van der Waals surface area contributed by atoms with Crippen molar-refractivity contribution in [3.63, 3.8) is 0 Å². The highest BCUT2D eigenvalue weighted by Gasteiger charge is 2.31. The minimum atomic E-state index is -3.92. The first-order valence-corrected chi connectivity index (χ1v) is 8.08. The summed E-state index contributed by atoms with van der Waals surface area (Å²) in [6.45, 7) is 2.25. The molecule has 0 radical (unpaired) electrons. The Hall–Kier alpha value is -1.71. The predicted octanol–water partition coefficient (Wildman–Crippen LogP) is 1.20. The molecule has 4 N–H and O–H groups in total. The third-order valence-electron chi connectivity index (χ3n) is 3.63. The highest BCUT2D eigenvalue weighted by atomic mass is 32.2. The Kier molecular flexibility index (Phi) is 4.45. The number of rotatable bonds is 7. The van der Waals surface area contributed by atoms with Crippen molar-refractivity contribution in [3.05, 3.63) is 28.3 Å². The summed E-state index contributed by atoms with van der Waals surface area (Å²) in [5.41, 5.74) is 2.02. The average Bonchev–Trinajstić information content (AvgIpc) is 3.28. The van der Waals surface area contributed by atoms with Gasteiger partial charge in [-0.1, -0.05) is 6.92 Å². The number of nitrogens with one attached hydrogen (secondary N) is 2. The molecular weight excluding hydrogens is 296 g/mol. The Morgan fingerprint density at radius 2 is 2.14 bits per heavy atom. The van der Waals surface area contributed by atoms with Gasteiger partial charge in [-0.05, 0) is 36.8 Å². The molecule has 9 heteroatoms. The summed E-state index contributed by atoms with van der Waals surface area (Å²) in [5, 5.41) is 11.0. The zero-order valence-electron chi connectivity index (χ0n) is 11.6. The maximum atomic E-state index is 12.2. The van der Waals surface area contributed by atoms with Gasteiger partial charge in [-0.2, -0.15) is 0 Å². The van der Waals surface area contributed by atoms with Crippen LogP contribution in [0.2, 0.25) is 0 Å². The molecule has 2 rings (SSSR count). The van der Waals surface area contributed by atoms with Gasteiger partial charge in [-0.3, -0.25) is 16.0 Å². The largest absolute Gasteiger partial charge is 0.324 e. The average molecular weight is 314 g/mol. The topological polar surface area (TPSA) is 127 Å². The molecule has 1 saturated carbocycles. The van der Waals surface area contributed by atoms with Gasteiger partial charge in [0.05, 0.1) is 10.6 Å². The van der Waals surface area contributed by atoms with Crippen LogP contribution in [0.1, 0.15) is 19.8 Å². The molecule has 0 spiro atoms. The third kappa shape index (κ3) is 3.69. The summed E-state index contributed by atoms with van der Waals surface area (Å²) >= 11 is 0. The Balaban J connectivity index is 2.23. The first-order valence-electron chi connectivity index (χ1n) is 6.60. The summed E-state index contributed by atoms with van der Waals surface area (Å²) < 4.78 is 26.9. The van der Waals surface area contributed by atoms with Crippen molar-refractivity contribution < 1.29 is 13.3 Å². The predicted molar refractivity (Wildman–Crippen MR) is 78.0 cm³/mol. The van der Waals surface area contributed by atoms with Crippen LogP contribution in [-0.2, 0) is 10.0 Å². The number of nitro groups is 1. The number of benzene rings is 1. The number of nitrogens with two attached hydrogens (primary N) is 1. The Morgan fingerprint density at radius 3 is 2.67 bits per heavy atom. The summed E-state index contributed by atoms with van der Waals surface area (Å²) in [5.74, 6) is 5.95. The van der Waals surface area contributed by atoms with E-state index in [0.717, 1.165) is 18.9 Å². The van der Waals surface area contributed by atoms with Crippen LogP contribution in [0.5, 0.6) is 0 Å². The zero-order chi connectivity index (χ0) is 15.6. The van der Waals surface area contributed by atoms with E-state index in [2.05, 4.69) is 10.1 Å². The highest BCUT2D eigenvalue weighted by Crippen LogP contribution is 2.36. The van der Waals surface area contributed by atoms with Crippen LogP contribution in [0.25, 0.3) is 0 Å². The van der Waals surface area contributed by atoms with E-state index in [1.54, 1.807) is 0 Å². The molecule has 1 atom stereocenters. The lowest BCUT2D eigenvalue weighted by Gasteiger charge is -2.12. The number of anilines is 1. The van der Waals surface area contributed by atoms with Crippen molar-refractivity contribution in [3.8, 4) is 0 Å². The van der Waals surface area contributed by atoms with Gasteiger partial charge in [0, 0.05) is 12.6 Å². The van der Waals surface area contributed by atoms with E-state index in [-0.39, 0.29) is 23.0 Å². The number of sulfonamides is 1. The van der Waals surface area contributed by atoms with E-state index in [0.29, 0.717) is 5.92 Å². The molecule has 8 nitrogen and oxygen atoms in total. The molecule has 0 heterocycles. The van der Waals surface area contributed by atoms with Gasteiger partial charge in [0.1, 0.15) is 0 Å². The van der Waals surface area contributed by atoms with Crippen LogP contribution in [0.4, 0.5) is 11.4 Å². The SMILES string of the molecule is CC(CNS(=O)(=O)c1ccc(NN)cc1[N+](=O)[O-])C1CC1. The quantitative estimate of drug-likeness (QED) is 0.394. The van der Waals surface area contributed by atoms with Gasteiger partial charge < -0.3 is 5.43 Å². The van der Waals surface area contributed by atoms with Crippen LogP contribution < -0.4 is 16.0 Å². The Labute approximate surface area is 122 Å². The normalized spacial score (nSPS) is 16.5. The van der Waals surface area contributed by atoms with E-state index >= 15 is 0 Å². The standard InChI is InChI=1S/C12H18N4O4S/c1-8(9-2-3-9)7-14-21(19,20)12-5-4-10(15-13)6-11(12)16(17)18/h4-6,8-9,14-15H,2-3,7,13H2,1H3. The van der Waals surface area contributed by atoms with Gasteiger partial charge in [0.2, 0.25) is 10.0 Å². The molecule has 1 aromatic carbocycles. The number of hydrogen-bond acceptors (Lipinski definition) is 6. The molecule has 116 valence electrons. The minimum Gasteiger partial charge on any atom is -0.324 e. The van der Waals surface area contributed by atoms with Crippen molar-refractivity contribution in [2.24, 2.45) is 17.7 Å². The van der Waals surface area contributed by atoms with Crippen LogP contribution in [0.3, 0.4) is 0 Å². The van der Waals surface area contributed by atoms with Crippen molar-refractivity contribution in [1.82, 2.24) is 4.72 Å². The maximum absolute atomic E-state index is 12.2. The van der Waals surface area contributed by atoms with Crippen LogP contribution in [0, 0.1) is 22.0 Å². The first kappa shape index (κ1) is 15.7. The molecule has 0 aliphatic heterocycles. The van der Waals surface area contributed by atoms with Crippen LogP contribution in [-0.4, -0.2) is 19.9 Å². The molecule has 1 fully saturated rings. The van der Waals surface area contributed by atoms with E-state index in [9.17, 15) is 18.5 Å². The molecular formula is C12H18N4O4S. The fraction of sp³-hybridized carbons (Fsp3) is 0.500. The molecule has 1 aliphatic carbocycles. The smallest absolute Gasteiger partial charge is 0.291 e. The van der Waals surface area contributed by atoms with Gasteiger partial charge in [0.15, 0.2) is 4.90 Å². The Bertz CT molecular complexity index is 643. The molecule has 1 unspecified atom stereocenters. The number of nitrogen functional groups attached to an aromatic ring is 1. The van der Waals surface area contributed by atoms with E-state index in [1.165, 1.54) is 12.1 Å². The third-order valence-corrected chi connectivity index (χ3v) is 5.10. The summed E-state index contributed by atoms with van der Waals surface area (Å²) in [4.78, 5) is 9.95. The van der Waals surface area contributed by atoms with Crippen molar-refractivity contribution >= 4 is 21.4 Å². The molecule has 0 bridgehead atoms. The lowest BCUT2D eigenvalue weighted by Crippen LogP contribution is -2.29. The maximum Gasteiger partial charge on any atom is 0.291 e. The minimum absolute atomic E-state index is 0.226. The molecule has 21 heavy (non-hydrogen) atoms. The number of hydrogen-bond donors (Lipinski definition) is 3. The van der Waals surface area contributed by atoms with E-state index in [4.69, 9.17) is 5.84 Å². The number of hydrazine groups is 1. The molecule has 1 aliphatic rings. The number of nitro benzene ring substituents is 1. The second-order valence-electron chi connectivity index (χ2n) is 5.25. The molecule has 0 saturated heterocycles. The summed E-state index contributed by atoms with van der Waals surface area (Å²) in [7, 11) is -3.92. The van der Waals surface area contributed by atoms with Gasteiger partial charge >= 0.3 is 0 Å². The number of nitrogens with zero attached hydrogens (tertiary/aromatic N) is 1. The fourth-order valence-corrected chi connectivity index (χ4v) is 3.42. The highest BCUT2D eigenvalue weighted by molar-refractivity contribution is 7.89. The van der Waals surface area contributed by atoms with Gasteiger partial charge in [-0.15, -0.1) is 0 Å². The molecule has 1 aromatic rings. The summed E-state index contributed by atoms with van der Waals surface area (Å²) in [6, 6.07) is 3.65. The summed E-state index contributed by atoms with van der Waals surface area (Å²) in [6.07, 6.45) is 2.22. The van der Waals surface area contributed by atoms with E-state index in [1.807, 2.05) is 6.92 Å². The lowest BCUT2D eigenvalue weighted by atomic mass is 10.1. The lowest BCUT2D eigenvalue weighted by molar-refractivity contribution is -0.387. The van der Waals surface area contributed by atoms with Crippen molar-refractivity contribution in [1.29, 1.82) is 0 Å². The fourth-order valence-electron chi connectivity index (χ4n) is 2.13. The van der Waals surface area contributed by atoms with Crippen LogP contribution >= 0.6 is 0 Å². The van der Waals surface area contributed by atoms with Crippen molar-refractivity contribution in [2.75, 3.05) is 12.0 Å². The molecule has 0 aromatic heterocycles.